The van der Waals surface area contributed by atoms with E-state index in [1.807, 2.05) is 30.0 Å². The quantitative estimate of drug-likeness (QED) is 0.829. The highest BCUT2D eigenvalue weighted by molar-refractivity contribution is 7.99. The number of hydrogen-bond acceptors (Lipinski definition) is 3. The van der Waals surface area contributed by atoms with E-state index >= 15 is 0 Å². The van der Waals surface area contributed by atoms with E-state index in [2.05, 4.69) is 25.7 Å². The molecule has 0 aliphatic heterocycles. The van der Waals surface area contributed by atoms with E-state index in [9.17, 15) is 0 Å². The zero-order valence-corrected chi connectivity index (χ0v) is 12.0. The summed E-state index contributed by atoms with van der Waals surface area (Å²) in [4.78, 5) is 0. The molecule has 1 aromatic rings. The van der Waals surface area contributed by atoms with E-state index in [-0.39, 0.29) is 6.61 Å². The van der Waals surface area contributed by atoms with Crippen LogP contribution in [0.1, 0.15) is 31.4 Å². The van der Waals surface area contributed by atoms with Crippen molar-refractivity contribution < 1.29 is 9.84 Å². The molecule has 0 aliphatic rings. The number of hydrogen-bond donors (Lipinski definition) is 1. The van der Waals surface area contributed by atoms with Gasteiger partial charge in [-0.05, 0) is 29.0 Å². The summed E-state index contributed by atoms with van der Waals surface area (Å²) in [5.41, 5.74) is 2.22. The fraction of sp³-hybridized carbons (Fsp3) is 0.467. The van der Waals surface area contributed by atoms with E-state index in [0.717, 1.165) is 17.1 Å². The number of rotatable bonds is 5. The summed E-state index contributed by atoms with van der Waals surface area (Å²) < 4.78 is 5.24. The van der Waals surface area contributed by atoms with Gasteiger partial charge >= 0.3 is 0 Å². The zero-order valence-electron chi connectivity index (χ0n) is 11.2. The summed E-state index contributed by atoms with van der Waals surface area (Å²) in [5.74, 6) is 7.87. The van der Waals surface area contributed by atoms with Crippen LogP contribution in [-0.4, -0.2) is 24.1 Å². The smallest absolute Gasteiger partial charge is 0.119 e. The van der Waals surface area contributed by atoms with Crippen LogP contribution in [0.5, 0.6) is 5.75 Å². The van der Waals surface area contributed by atoms with Crippen molar-refractivity contribution >= 4 is 11.8 Å². The molecule has 1 aromatic carbocycles. The summed E-state index contributed by atoms with van der Waals surface area (Å²) in [6.45, 7) is 4.48. The molecular formula is C15H20O2S. The Bertz CT molecular complexity index is 430. The van der Waals surface area contributed by atoms with Crippen LogP contribution in [0.3, 0.4) is 0 Å². The van der Waals surface area contributed by atoms with Gasteiger partial charge in [0.25, 0.3) is 0 Å². The predicted molar refractivity (Wildman–Crippen MR) is 78.0 cm³/mol. The van der Waals surface area contributed by atoms with Gasteiger partial charge in [0.1, 0.15) is 5.75 Å². The molecule has 3 heteroatoms. The maximum absolute atomic E-state index is 8.75. The average molecular weight is 264 g/mol. The highest BCUT2D eigenvalue weighted by Crippen LogP contribution is 2.23. The van der Waals surface area contributed by atoms with Crippen molar-refractivity contribution in [1.29, 1.82) is 0 Å². The molecule has 0 aromatic heterocycles. The molecule has 0 saturated heterocycles. The van der Waals surface area contributed by atoms with Gasteiger partial charge < -0.3 is 9.84 Å². The fourth-order valence-electron chi connectivity index (χ4n) is 1.41. The molecule has 0 fully saturated rings. The lowest BCUT2D eigenvalue weighted by molar-refractivity contribution is 0.305. The lowest BCUT2D eigenvalue weighted by Gasteiger charge is -2.09. The first kappa shape index (κ1) is 14.9. The van der Waals surface area contributed by atoms with Crippen molar-refractivity contribution in [3.63, 3.8) is 0 Å². The summed E-state index contributed by atoms with van der Waals surface area (Å²) in [6, 6.07) is 5.95. The standard InChI is InChI=1S/C15H20O2S/c1-12(2)18-11-14-10-15(17-3)8-7-13(14)6-4-5-9-16/h7-8,10,12,16H,5,9,11H2,1-3H3. The first-order valence-electron chi connectivity index (χ1n) is 6.05. The normalized spacial score (nSPS) is 10.1. The van der Waals surface area contributed by atoms with Crippen molar-refractivity contribution in [2.45, 2.75) is 31.3 Å². The Morgan fingerprint density at radius 3 is 2.78 bits per heavy atom. The van der Waals surface area contributed by atoms with Gasteiger partial charge in [0, 0.05) is 17.7 Å². The largest absolute Gasteiger partial charge is 0.497 e. The van der Waals surface area contributed by atoms with E-state index in [0.29, 0.717) is 11.7 Å². The van der Waals surface area contributed by atoms with Gasteiger partial charge in [0.2, 0.25) is 0 Å². The number of aliphatic hydroxyl groups is 1. The molecular weight excluding hydrogens is 244 g/mol. The highest BCUT2D eigenvalue weighted by Gasteiger charge is 2.04. The van der Waals surface area contributed by atoms with E-state index in [4.69, 9.17) is 9.84 Å². The van der Waals surface area contributed by atoms with Crippen molar-refractivity contribution in [1.82, 2.24) is 0 Å². The molecule has 1 N–H and O–H groups in total. The predicted octanol–water partition coefficient (Wildman–Crippen LogP) is 3.07. The third-order valence-corrected chi connectivity index (χ3v) is 3.49. The van der Waals surface area contributed by atoms with Crippen molar-refractivity contribution in [2.75, 3.05) is 13.7 Å². The Balaban J connectivity index is 2.90. The Morgan fingerprint density at radius 1 is 1.39 bits per heavy atom. The van der Waals surface area contributed by atoms with Crippen molar-refractivity contribution in [3.8, 4) is 17.6 Å². The first-order chi connectivity index (χ1) is 8.67. The van der Waals surface area contributed by atoms with Crippen LogP contribution in [0.15, 0.2) is 18.2 Å². The fourth-order valence-corrected chi connectivity index (χ4v) is 2.16. The first-order valence-corrected chi connectivity index (χ1v) is 7.10. The minimum Gasteiger partial charge on any atom is -0.497 e. The maximum Gasteiger partial charge on any atom is 0.119 e. The molecule has 1 rings (SSSR count). The van der Waals surface area contributed by atoms with Crippen LogP contribution in [0.4, 0.5) is 0 Å². The van der Waals surface area contributed by atoms with Gasteiger partial charge in [-0.1, -0.05) is 25.7 Å². The summed E-state index contributed by atoms with van der Waals surface area (Å²) in [5, 5.41) is 9.34. The molecule has 0 atom stereocenters. The van der Waals surface area contributed by atoms with E-state index in [1.165, 1.54) is 5.56 Å². The molecule has 0 heterocycles. The van der Waals surface area contributed by atoms with Crippen molar-refractivity contribution in [3.05, 3.63) is 29.3 Å². The van der Waals surface area contributed by atoms with Crippen LogP contribution in [0.2, 0.25) is 0 Å². The molecule has 0 radical (unpaired) electrons. The second-order valence-corrected chi connectivity index (χ2v) is 5.72. The molecule has 18 heavy (non-hydrogen) atoms. The van der Waals surface area contributed by atoms with Crippen LogP contribution in [0.25, 0.3) is 0 Å². The maximum atomic E-state index is 8.75. The van der Waals surface area contributed by atoms with Crippen LogP contribution >= 0.6 is 11.8 Å². The molecule has 0 aliphatic carbocycles. The summed E-state index contributed by atoms with van der Waals surface area (Å²) >= 11 is 1.88. The summed E-state index contributed by atoms with van der Waals surface area (Å²) in [7, 11) is 1.67. The van der Waals surface area contributed by atoms with Gasteiger partial charge in [-0.25, -0.2) is 0 Å². The third-order valence-electron chi connectivity index (χ3n) is 2.34. The number of thioether (sulfide) groups is 1. The van der Waals surface area contributed by atoms with E-state index in [1.54, 1.807) is 7.11 Å². The number of methoxy groups -OCH3 is 1. The Morgan fingerprint density at radius 2 is 2.17 bits per heavy atom. The van der Waals surface area contributed by atoms with Gasteiger partial charge in [-0.3, -0.25) is 0 Å². The van der Waals surface area contributed by atoms with Gasteiger partial charge in [-0.15, -0.1) is 0 Å². The summed E-state index contributed by atoms with van der Waals surface area (Å²) in [6.07, 6.45) is 0.517. The molecule has 0 bridgehead atoms. The Kier molecular flexibility index (Phi) is 6.70. The topological polar surface area (TPSA) is 29.5 Å². The highest BCUT2D eigenvalue weighted by atomic mass is 32.2. The van der Waals surface area contributed by atoms with E-state index < -0.39 is 0 Å². The monoisotopic (exact) mass is 264 g/mol. The molecule has 0 unspecified atom stereocenters. The number of ether oxygens (including phenoxy) is 1. The van der Waals surface area contributed by atoms with Gasteiger partial charge in [0.05, 0.1) is 13.7 Å². The molecule has 98 valence electrons. The Hall–Kier alpha value is -1.11. The molecule has 2 nitrogen and oxygen atoms in total. The third kappa shape index (κ3) is 5.03. The minimum atomic E-state index is 0.110. The lowest BCUT2D eigenvalue weighted by Crippen LogP contribution is -1.94. The van der Waals surface area contributed by atoms with Crippen LogP contribution in [-0.2, 0) is 5.75 Å². The van der Waals surface area contributed by atoms with Gasteiger partial charge in [0.15, 0.2) is 0 Å². The average Bonchev–Trinajstić information content (AvgIpc) is 2.37. The van der Waals surface area contributed by atoms with Crippen molar-refractivity contribution in [2.24, 2.45) is 0 Å². The second kappa shape index (κ2) is 8.07. The zero-order chi connectivity index (χ0) is 13.4. The minimum absolute atomic E-state index is 0.110. The molecule has 0 saturated carbocycles. The Labute approximate surface area is 114 Å². The molecule has 0 amide bonds. The van der Waals surface area contributed by atoms with Gasteiger partial charge in [-0.2, -0.15) is 11.8 Å². The van der Waals surface area contributed by atoms with Crippen LogP contribution < -0.4 is 4.74 Å². The van der Waals surface area contributed by atoms with Crippen LogP contribution in [0, 0.1) is 11.8 Å². The lowest BCUT2D eigenvalue weighted by atomic mass is 10.1. The molecule has 0 spiro atoms. The number of aliphatic hydroxyl groups excluding tert-OH is 1. The SMILES string of the molecule is COc1ccc(C#CCCO)c(CSC(C)C)c1. The number of benzene rings is 1. The second-order valence-electron chi connectivity index (χ2n) is 4.16.